The molecule has 20 heavy (non-hydrogen) atoms. The van der Waals surface area contributed by atoms with Crippen LogP contribution in [0.15, 0.2) is 30.3 Å². The molecule has 3 N–H and O–H groups in total. The number of nitrogens with two attached hydrogens (primary N) is 1. The van der Waals surface area contributed by atoms with E-state index in [0.717, 1.165) is 5.56 Å². The van der Waals surface area contributed by atoms with Crippen LogP contribution in [-0.4, -0.2) is 28.2 Å². The lowest BCUT2D eigenvalue weighted by atomic mass is 10.2. The maximum absolute atomic E-state index is 9.19. The second-order valence-corrected chi connectivity index (χ2v) is 5.01. The zero-order chi connectivity index (χ0) is 14.5. The lowest BCUT2D eigenvalue weighted by molar-refractivity contribution is 0.301. The van der Waals surface area contributed by atoms with Gasteiger partial charge in [0.15, 0.2) is 0 Å². The number of hydrogen-bond donors (Lipinski definition) is 2. The van der Waals surface area contributed by atoms with Gasteiger partial charge in [0.2, 0.25) is 5.95 Å². The van der Waals surface area contributed by atoms with Crippen molar-refractivity contribution >= 4 is 35.0 Å². The van der Waals surface area contributed by atoms with Gasteiger partial charge in [-0.05, 0) is 17.7 Å². The maximum Gasteiger partial charge on any atom is 0.223 e. The average molecular weight is 313 g/mol. The largest absolute Gasteiger partial charge is 0.395 e. The van der Waals surface area contributed by atoms with Crippen LogP contribution in [0.25, 0.3) is 0 Å². The van der Waals surface area contributed by atoms with E-state index in [0.29, 0.717) is 23.9 Å². The minimum Gasteiger partial charge on any atom is -0.395 e. The molecule has 0 bridgehead atoms. The Bertz CT molecular complexity index is 574. The fourth-order valence-corrected chi connectivity index (χ4v) is 2.23. The summed E-state index contributed by atoms with van der Waals surface area (Å²) in [4.78, 5) is 9.81. The number of rotatable bonds is 5. The Morgan fingerprint density at radius 2 is 2.00 bits per heavy atom. The van der Waals surface area contributed by atoms with Gasteiger partial charge < -0.3 is 15.7 Å². The Labute approximate surface area is 127 Å². The van der Waals surface area contributed by atoms with Crippen LogP contribution in [0.5, 0.6) is 0 Å². The van der Waals surface area contributed by atoms with E-state index in [4.69, 9.17) is 28.9 Å². The van der Waals surface area contributed by atoms with Crippen LogP contribution in [0.1, 0.15) is 5.56 Å². The normalized spacial score (nSPS) is 10.6. The van der Waals surface area contributed by atoms with Crippen molar-refractivity contribution < 1.29 is 5.11 Å². The molecule has 0 aliphatic rings. The summed E-state index contributed by atoms with van der Waals surface area (Å²) in [7, 11) is 0. The number of aromatic nitrogens is 2. The molecule has 0 amide bonds. The molecule has 5 nitrogen and oxygen atoms in total. The lowest BCUT2D eigenvalue weighted by Crippen LogP contribution is -2.27. The topological polar surface area (TPSA) is 75.3 Å². The number of nitrogens with zero attached hydrogens (tertiary/aromatic N) is 3. The standard InChI is InChI=1S/C13H14Cl2N4O/c14-10-3-1-2-9(6-10)8-19(4-5-20)12-7-11(15)17-13(16)18-12/h1-3,6-7,20H,4-5,8H2,(H2,16,17,18). The number of hydrogen-bond acceptors (Lipinski definition) is 5. The molecule has 0 aliphatic heterocycles. The number of benzene rings is 1. The molecule has 2 aromatic rings. The molecule has 0 radical (unpaired) electrons. The highest BCUT2D eigenvalue weighted by Gasteiger charge is 2.11. The van der Waals surface area contributed by atoms with E-state index in [9.17, 15) is 5.11 Å². The highest BCUT2D eigenvalue weighted by Crippen LogP contribution is 2.20. The first-order valence-corrected chi connectivity index (χ1v) is 6.74. The van der Waals surface area contributed by atoms with E-state index >= 15 is 0 Å². The first-order chi connectivity index (χ1) is 9.58. The van der Waals surface area contributed by atoms with Crippen molar-refractivity contribution in [1.82, 2.24) is 9.97 Å². The summed E-state index contributed by atoms with van der Waals surface area (Å²) in [6.07, 6.45) is 0. The summed E-state index contributed by atoms with van der Waals surface area (Å²) in [5, 5.41) is 10.1. The van der Waals surface area contributed by atoms with Crippen molar-refractivity contribution in [3.63, 3.8) is 0 Å². The predicted octanol–water partition coefficient (Wildman–Crippen LogP) is 2.36. The van der Waals surface area contributed by atoms with Gasteiger partial charge in [0, 0.05) is 24.2 Å². The third-order valence-corrected chi connectivity index (χ3v) is 3.08. The monoisotopic (exact) mass is 312 g/mol. The summed E-state index contributed by atoms with van der Waals surface area (Å²) < 4.78 is 0. The van der Waals surface area contributed by atoms with E-state index in [1.807, 2.05) is 23.1 Å². The summed E-state index contributed by atoms with van der Waals surface area (Å²) in [5.74, 6) is 0.665. The van der Waals surface area contributed by atoms with Gasteiger partial charge in [0.1, 0.15) is 11.0 Å². The molecule has 0 aliphatic carbocycles. The van der Waals surface area contributed by atoms with Gasteiger partial charge in [-0.25, -0.2) is 4.98 Å². The van der Waals surface area contributed by atoms with E-state index in [-0.39, 0.29) is 17.7 Å². The van der Waals surface area contributed by atoms with Crippen molar-refractivity contribution in [2.75, 3.05) is 23.8 Å². The van der Waals surface area contributed by atoms with Gasteiger partial charge in [-0.1, -0.05) is 35.3 Å². The molecule has 106 valence electrons. The SMILES string of the molecule is Nc1nc(Cl)cc(N(CCO)Cc2cccc(Cl)c2)n1. The number of nitrogen functional groups attached to an aromatic ring is 1. The average Bonchev–Trinajstić information content (AvgIpc) is 2.37. The van der Waals surface area contributed by atoms with E-state index in [1.54, 1.807) is 12.1 Å². The number of anilines is 2. The fourth-order valence-electron chi connectivity index (χ4n) is 1.84. The second kappa shape index (κ2) is 6.74. The zero-order valence-electron chi connectivity index (χ0n) is 10.6. The minimum absolute atomic E-state index is 0.0118. The molecule has 1 aromatic heterocycles. The molecule has 2 rings (SSSR count). The molecular formula is C13H14Cl2N4O. The first-order valence-electron chi connectivity index (χ1n) is 5.99. The predicted molar refractivity (Wildman–Crippen MR) is 81.0 cm³/mol. The Balaban J connectivity index is 2.26. The molecular weight excluding hydrogens is 299 g/mol. The van der Waals surface area contributed by atoms with E-state index in [2.05, 4.69) is 9.97 Å². The molecule has 0 saturated heterocycles. The van der Waals surface area contributed by atoms with Crippen LogP contribution >= 0.6 is 23.2 Å². The third kappa shape index (κ3) is 3.96. The van der Waals surface area contributed by atoms with Gasteiger partial charge in [-0.15, -0.1) is 0 Å². The van der Waals surface area contributed by atoms with Crippen molar-refractivity contribution in [3.05, 3.63) is 46.1 Å². The quantitative estimate of drug-likeness (QED) is 0.829. The molecule has 0 fully saturated rings. The molecule has 0 saturated carbocycles. The second-order valence-electron chi connectivity index (χ2n) is 4.18. The molecule has 7 heteroatoms. The third-order valence-electron chi connectivity index (χ3n) is 2.66. The van der Waals surface area contributed by atoms with E-state index < -0.39 is 0 Å². The Kier molecular flexibility index (Phi) is 5.00. The summed E-state index contributed by atoms with van der Waals surface area (Å²) in [5.41, 5.74) is 6.59. The number of aliphatic hydroxyl groups excluding tert-OH is 1. The first kappa shape index (κ1) is 14.8. The van der Waals surface area contributed by atoms with E-state index in [1.165, 1.54) is 0 Å². The Morgan fingerprint density at radius 1 is 1.20 bits per heavy atom. The van der Waals surface area contributed by atoms with Crippen molar-refractivity contribution in [2.45, 2.75) is 6.54 Å². The van der Waals surface area contributed by atoms with Crippen LogP contribution in [0.3, 0.4) is 0 Å². The van der Waals surface area contributed by atoms with Crippen molar-refractivity contribution in [2.24, 2.45) is 0 Å². The van der Waals surface area contributed by atoms with Crippen molar-refractivity contribution in [1.29, 1.82) is 0 Å². The van der Waals surface area contributed by atoms with Gasteiger partial charge in [0.05, 0.1) is 6.61 Å². The van der Waals surface area contributed by atoms with Crippen LogP contribution in [0.4, 0.5) is 11.8 Å². The van der Waals surface area contributed by atoms with Gasteiger partial charge >= 0.3 is 0 Å². The maximum atomic E-state index is 9.19. The van der Waals surface area contributed by atoms with Gasteiger partial charge in [-0.3, -0.25) is 0 Å². The lowest BCUT2D eigenvalue weighted by Gasteiger charge is -2.23. The number of aliphatic hydroxyl groups is 1. The Hall–Kier alpha value is -1.56. The molecule has 0 atom stereocenters. The van der Waals surface area contributed by atoms with Crippen molar-refractivity contribution in [3.8, 4) is 0 Å². The molecule has 0 spiro atoms. The van der Waals surface area contributed by atoms with Gasteiger partial charge in [-0.2, -0.15) is 4.98 Å². The fraction of sp³-hybridized carbons (Fsp3) is 0.231. The van der Waals surface area contributed by atoms with Crippen LogP contribution in [0.2, 0.25) is 10.2 Å². The highest BCUT2D eigenvalue weighted by molar-refractivity contribution is 6.30. The van der Waals surface area contributed by atoms with Crippen LogP contribution in [-0.2, 0) is 6.54 Å². The highest BCUT2D eigenvalue weighted by atomic mass is 35.5. The molecule has 0 unspecified atom stereocenters. The smallest absolute Gasteiger partial charge is 0.223 e. The number of halogens is 2. The summed E-state index contributed by atoms with van der Waals surface area (Å²) in [6, 6.07) is 9.09. The summed E-state index contributed by atoms with van der Waals surface area (Å²) in [6.45, 7) is 0.926. The van der Waals surface area contributed by atoms with Crippen LogP contribution in [0, 0.1) is 0 Å². The summed E-state index contributed by atoms with van der Waals surface area (Å²) >= 11 is 11.8. The molecule has 1 aromatic carbocycles. The molecule has 1 heterocycles. The zero-order valence-corrected chi connectivity index (χ0v) is 12.1. The Morgan fingerprint density at radius 3 is 2.65 bits per heavy atom. The minimum atomic E-state index is -0.0118. The van der Waals surface area contributed by atoms with Gasteiger partial charge in [0.25, 0.3) is 0 Å². The van der Waals surface area contributed by atoms with Crippen LogP contribution < -0.4 is 10.6 Å².